The number of hydrogen-bond acceptors (Lipinski definition) is 3. The normalized spacial score (nSPS) is 14.0. The van der Waals surface area contributed by atoms with E-state index in [1.165, 1.54) is 0 Å². The lowest BCUT2D eigenvalue weighted by Gasteiger charge is -2.05. The molecule has 27 heavy (non-hydrogen) atoms. The van der Waals surface area contributed by atoms with Crippen LogP contribution in [0, 0.1) is 6.92 Å². The van der Waals surface area contributed by atoms with E-state index in [0.29, 0.717) is 9.79 Å². The second kappa shape index (κ2) is 5.66. The van der Waals surface area contributed by atoms with Gasteiger partial charge in [-0.3, -0.25) is 0 Å². The van der Waals surface area contributed by atoms with Crippen LogP contribution in [0.25, 0.3) is 27.9 Å². The van der Waals surface area contributed by atoms with Gasteiger partial charge >= 0.3 is 0 Å². The van der Waals surface area contributed by atoms with E-state index >= 15 is 0 Å². The summed E-state index contributed by atoms with van der Waals surface area (Å²) in [7, 11) is -3.43. The highest BCUT2D eigenvalue weighted by Crippen LogP contribution is 2.44. The number of rotatable bonds is 2. The number of sulfone groups is 1. The van der Waals surface area contributed by atoms with Crippen LogP contribution in [0.3, 0.4) is 0 Å². The zero-order valence-corrected chi connectivity index (χ0v) is 15.4. The van der Waals surface area contributed by atoms with E-state index in [-0.39, 0.29) is 0 Å². The molecule has 0 aliphatic carbocycles. The molecule has 0 saturated heterocycles. The van der Waals surface area contributed by atoms with Gasteiger partial charge in [-0.05, 0) is 42.3 Å². The third-order valence-electron chi connectivity index (χ3n) is 5.01. The van der Waals surface area contributed by atoms with E-state index < -0.39 is 9.84 Å². The first-order valence-electron chi connectivity index (χ1n) is 8.65. The second-order valence-corrected chi connectivity index (χ2v) is 8.56. The molecule has 4 aromatic rings. The largest absolute Gasteiger partial charge is 0.240 e. The van der Waals surface area contributed by atoms with Crippen molar-refractivity contribution in [2.24, 2.45) is 0 Å². The van der Waals surface area contributed by atoms with Crippen LogP contribution in [-0.4, -0.2) is 18.2 Å². The van der Waals surface area contributed by atoms with E-state index in [2.05, 4.69) is 5.10 Å². The summed E-state index contributed by atoms with van der Waals surface area (Å²) in [6.45, 7) is 2.05. The summed E-state index contributed by atoms with van der Waals surface area (Å²) in [6, 6.07) is 20.7. The quantitative estimate of drug-likeness (QED) is 0.453. The van der Waals surface area contributed by atoms with Gasteiger partial charge in [0.05, 0.1) is 21.7 Å². The monoisotopic (exact) mass is 372 g/mol. The minimum Gasteiger partial charge on any atom is -0.240 e. The maximum atomic E-state index is 12.7. The van der Waals surface area contributed by atoms with Gasteiger partial charge in [0.2, 0.25) is 9.84 Å². The lowest BCUT2D eigenvalue weighted by atomic mass is 10.0. The third kappa shape index (κ3) is 2.35. The molecule has 0 N–H and O–H groups in total. The molecule has 5 rings (SSSR count). The van der Waals surface area contributed by atoms with Gasteiger partial charge in [0.15, 0.2) is 0 Å². The number of aryl methyl sites for hydroxylation is 1. The van der Waals surface area contributed by atoms with Crippen molar-refractivity contribution in [1.82, 2.24) is 9.78 Å². The van der Waals surface area contributed by atoms with Crippen LogP contribution < -0.4 is 0 Å². The minimum atomic E-state index is -3.43. The molecule has 2 heterocycles. The molecular formula is C22H16N2O2S. The first kappa shape index (κ1) is 16.0. The van der Waals surface area contributed by atoms with Gasteiger partial charge in [0.25, 0.3) is 0 Å². The van der Waals surface area contributed by atoms with Gasteiger partial charge in [0, 0.05) is 22.9 Å². The highest BCUT2D eigenvalue weighted by Gasteiger charge is 2.32. The van der Waals surface area contributed by atoms with Crippen LogP contribution in [-0.2, 0) is 9.84 Å². The van der Waals surface area contributed by atoms with Crippen molar-refractivity contribution in [2.45, 2.75) is 16.7 Å². The first-order valence-corrected chi connectivity index (χ1v) is 10.1. The molecule has 3 aromatic carbocycles. The Morgan fingerprint density at radius 2 is 1.56 bits per heavy atom. The molecule has 1 aliphatic rings. The van der Waals surface area contributed by atoms with Crippen LogP contribution in [0.4, 0.5) is 0 Å². The maximum Gasteiger partial charge on any atom is 0.207 e. The molecule has 1 aromatic heterocycles. The Labute approximate surface area is 157 Å². The van der Waals surface area contributed by atoms with Crippen molar-refractivity contribution in [3.8, 4) is 27.9 Å². The van der Waals surface area contributed by atoms with Crippen molar-refractivity contribution in [1.29, 1.82) is 0 Å². The minimum absolute atomic E-state index is 0.374. The molecule has 1 aliphatic heterocycles. The molecular weight excluding hydrogens is 356 g/mol. The van der Waals surface area contributed by atoms with Gasteiger partial charge < -0.3 is 0 Å². The van der Waals surface area contributed by atoms with E-state index in [4.69, 9.17) is 0 Å². The van der Waals surface area contributed by atoms with Crippen LogP contribution in [0.5, 0.6) is 0 Å². The molecule has 4 nitrogen and oxygen atoms in total. The standard InChI is InChI=1S/C22H16N2O2S/c1-15-6-2-4-8-20(15)24-14-17(13-23-24)16-10-11-22-19(12-16)18-7-3-5-9-21(18)27(22,25)26/h2-14H,1H3. The van der Waals surface area contributed by atoms with E-state index in [9.17, 15) is 8.42 Å². The Bertz CT molecular complexity index is 1300. The van der Waals surface area contributed by atoms with Gasteiger partial charge in [-0.15, -0.1) is 0 Å². The zero-order valence-electron chi connectivity index (χ0n) is 14.6. The third-order valence-corrected chi connectivity index (χ3v) is 6.88. The Morgan fingerprint density at radius 1 is 0.815 bits per heavy atom. The highest BCUT2D eigenvalue weighted by atomic mass is 32.2. The molecule has 0 saturated carbocycles. The fourth-order valence-corrected chi connectivity index (χ4v) is 5.29. The Kier molecular flexibility index (Phi) is 3.36. The SMILES string of the molecule is Cc1ccccc1-n1cc(-c2ccc3c(c2)-c2ccccc2S3(=O)=O)cn1. The Hall–Kier alpha value is -3.18. The number of aromatic nitrogens is 2. The van der Waals surface area contributed by atoms with Crippen molar-refractivity contribution in [3.05, 3.63) is 84.7 Å². The highest BCUT2D eigenvalue weighted by molar-refractivity contribution is 7.92. The topological polar surface area (TPSA) is 52.0 Å². The van der Waals surface area contributed by atoms with Crippen molar-refractivity contribution < 1.29 is 8.42 Å². The first-order chi connectivity index (χ1) is 13.1. The van der Waals surface area contributed by atoms with Gasteiger partial charge in [-0.2, -0.15) is 5.10 Å². The van der Waals surface area contributed by atoms with Crippen LogP contribution in [0.15, 0.2) is 88.9 Å². The van der Waals surface area contributed by atoms with E-state index in [0.717, 1.165) is 33.5 Å². The summed E-state index contributed by atoms with van der Waals surface area (Å²) >= 11 is 0. The Morgan fingerprint density at radius 3 is 2.41 bits per heavy atom. The summed E-state index contributed by atoms with van der Waals surface area (Å²) in [5, 5.41) is 4.49. The lowest BCUT2D eigenvalue weighted by molar-refractivity contribution is 0.598. The summed E-state index contributed by atoms with van der Waals surface area (Å²) < 4.78 is 27.3. The van der Waals surface area contributed by atoms with Crippen LogP contribution in [0.1, 0.15) is 5.56 Å². The lowest BCUT2D eigenvalue weighted by Crippen LogP contribution is -1.96. The number of benzene rings is 3. The number of fused-ring (bicyclic) bond motifs is 3. The number of hydrogen-bond donors (Lipinski definition) is 0. The summed E-state index contributed by atoms with van der Waals surface area (Å²) in [6.07, 6.45) is 3.78. The summed E-state index contributed by atoms with van der Waals surface area (Å²) in [5.41, 5.74) is 5.58. The fourth-order valence-electron chi connectivity index (χ4n) is 3.62. The fraction of sp³-hybridized carbons (Fsp3) is 0.0455. The number of para-hydroxylation sites is 1. The molecule has 0 bridgehead atoms. The average molecular weight is 372 g/mol. The predicted octanol–water partition coefficient (Wildman–Crippen LogP) is 4.66. The number of nitrogens with zero attached hydrogens (tertiary/aromatic N) is 2. The molecule has 0 spiro atoms. The van der Waals surface area contributed by atoms with Crippen molar-refractivity contribution in [2.75, 3.05) is 0 Å². The molecule has 5 heteroatoms. The molecule has 0 atom stereocenters. The zero-order chi connectivity index (χ0) is 18.6. The van der Waals surface area contributed by atoms with Gasteiger partial charge in [-0.25, -0.2) is 13.1 Å². The van der Waals surface area contributed by atoms with Gasteiger partial charge in [-0.1, -0.05) is 42.5 Å². The summed E-state index contributed by atoms with van der Waals surface area (Å²) in [4.78, 5) is 0.756. The van der Waals surface area contributed by atoms with Crippen LogP contribution in [0.2, 0.25) is 0 Å². The van der Waals surface area contributed by atoms with Crippen molar-refractivity contribution in [3.63, 3.8) is 0 Å². The molecule has 0 radical (unpaired) electrons. The molecule has 0 amide bonds. The average Bonchev–Trinajstić information content (AvgIpc) is 3.25. The predicted molar refractivity (Wildman–Crippen MR) is 105 cm³/mol. The van der Waals surface area contributed by atoms with Gasteiger partial charge in [0.1, 0.15) is 0 Å². The van der Waals surface area contributed by atoms with Crippen LogP contribution >= 0.6 is 0 Å². The Balaban J connectivity index is 1.64. The van der Waals surface area contributed by atoms with Crippen molar-refractivity contribution >= 4 is 9.84 Å². The smallest absolute Gasteiger partial charge is 0.207 e. The second-order valence-electron chi connectivity index (χ2n) is 6.67. The summed E-state index contributed by atoms with van der Waals surface area (Å²) in [5.74, 6) is 0. The molecule has 132 valence electrons. The van der Waals surface area contributed by atoms with E-state index in [1.807, 2.05) is 72.5 Å². The molecule has 0 unspecified atom stereocenters. The maximum absolute atomic E-state index is 12.7. The molecule has 0 fully saturated rings. The van der Waals surface area contributed by atoms with E-state index in [1.54, 1.807) is 18.2 Å².